The van der Waals surface area contributed by atoms with Crippen LogP contribution in [0.5, 0.6) is 0 Å². The Labute approximate surface area is 155 Å². The normalized spacial score (nSPS) is 14.9. The highest BCUT2D eigenvalue weighted by Gasteiger charge is 2.16. The van der Waals surface area contributed by atoms with Gasteiger partial charge in [-0.3, -0.25) is 4.79 Å². The minimum Gasteiger partial charge on any atom is -0.376 e. The molecule has 0 aromatic heterocycles. The van der Waals surface area contributed by atoms with Crippen LogP contribution in [0.2, 0.25) is 0 Å². The zero-order valence-corrected chi connectivity index (χ0v) is 14.9. The Balaban J connectivity index is 1.52. The summed E-state index contributed by atoms with van der Waals surface area (Å²) in [6, 6.07) is 9.41. The number of hydrogen-bond donors (Lipinski definition) is 2. The van der Waals surface area contributed by atoms with E-state index < -0.39 is 29.0 Å². The van der Waals surface area contributed by atoms with Crippen molar-refractivity contribution in [1.82, 2.24) is 4.90 Å². The van der Waals surface area contributed by atoms with E-state index in [9.17, 15) is 18.0 Å². The van der Waals surface area contributed by atoms with Crippen molar-refractivity contribution in [3.05, 3.63) is 53.8 Å². The fourth-order valence-electron chi connectivity index (χ4n) is 2.85. The summed E-state index contributed by atoms with van der Waals surface area (Å²) >= 11 is 0. The first-order chi connectivity index (χ1) is 12.9. The molecule has 2 N–H and O–H groups in total. The molecule has 0 aliphatic carbocycles. The molecule has 0 atom stereocenters. The van der Waals surface area contributed by atoms with Gasteiger partial charge in [-0.25, -0.2) is 13.2 Å². The van der Waals surface area contributed by atoms with Crippen LogP contribution in [0, 0.1) is 17.5 Å². The summed E-state index contributed by atoms with van der Waals surface area (Å²) in [5.74, 6) is -4.90. The lowest BCUT2D eigenvalue weighted by molar-refractivity contribution is -0.114. The molecule has 0 radical (unpaired) electrons. The second-order valence-electron chi connectivity index (χ2n) is 6.46. The van der Waals surface area contributed by atoms with Crippen molar-refractivity contribution in [2.45, 2.75) is 0 Å². The third-order valence-corrected chi connectivity index (χ3v) is 4.50. The Bertz CT molecular complexity index is 805. The highest BCUT2D eigenvalue weighted by atomic mass is 19.2. The average molecular weight is 378 g/mol. The Morgan fingerprint density at radius 1 is 0.963 bits per heavy atom. The Hall–Kier alpha value is -2.74. The quantitative estimate of drug-likeness (QED) is 0.786. The number of hydrogen-bond acceptors (Lipinski definition) is 4. The molecular formula is C19H21F3N4O. The van der Waals surface area contributed by atoms with E-state index in [1.54, 1.807) is 0 Å². The fourth-order valence-corrected chi connectivity index (χ4v) is 2.85. The fraction of sp³-hybridized carbons (Fsp3) is 0.316. The Morgan fingerprint density at radius 3 is 2.30 bits per heavy atom. The van der Waals surface area contributed by atoms with Crippen LogP contribution in [-0.2, 0) is 4.79 Å². The van der Waals surface area contributed by atoms with Gasteiger partial charge in [0.2, 0.25) is 5.91 Å². The molecule has 1 aliphatic rings. The van der Waals surface area contributed by atoms with Crippen molar-refractivity contribution in [3.8, 4) is 0 Å². The molecule has 2 aromatic carbocycles. The maximum atomic E-state index is 13.6. The summed E-state index contributed by atoms with van der Waals surface area (Å²) in [4.78, 5) is 16.5. The topological polar surface area (TPSA) is 47.6 Å². The second kappa shape index (κ2) is 8.30. The predicted octanol–water partition coefficient (Wildman–Crippen LogP) is 2.91. The zero-order chi connectivity index (χ0) is 19.4. The molecule has 0 unspecified atom stereocenters. The van der Waals surface area contributed by atoms with Crippen molar-refractivity contribution in [2.75, 3.05) is 55.3 Å². The van der Waals surface area contributed by atoms with Gasteiger partial charge in [-0.15, -0.1) is 0 Å². The van der Waals surface area contributed by atoms with Crippen molar-refractivity contribution in [1.29, 1.82) is 0 Å². The average Bonchev–Trinajstić information content (AvgIpc) is 2.68. The first kappa shape index (κ1) is 19.0. The van der Waals surface area contributed by atoms with Crippen molar-refractivity contribution in [2.24, 2.45) is 0 Å². The van der Waals surface area contributed by atoms with Gasteiger partial charge in [-0.1, -0.05) is 0 Å². The lowest BCUT2D eigenvalue weighted by Gasteiger charge is -2.34. The van der Waals surface area contributed by atoms with Crippen molar-refractivity contribution >= 4 is 23.0 Å². The highest BCUT2D eigenvalue weighted by Crippen LogP contribution is 2.21. The molecule has 1 amide bonds. The second-order valence-corrected chi connectivity index (χ2v) is 6.46. The van der Waals surface area contributed by atoms with Gasteiger partial charge < -0.3 is 20.4 Å². The van der Waals surface area contributed by atoms with Crippen LogP contribution in [-0.4, -0.2) is 50.6 Å². The summed E-state index contributed by atoms with van der Waals surface area (Å²) in [7, 11) is 2.10. The molecule has 1 fully saturated rings. The number of carbonyl (C=O) groups excluding carboxylic acids is 1. The van der Waals surface area contributed by atoms with Gasteiger partial charge in [-0.05, 0) is 43.4 Å². The van der Waals surface area contributed by atoms with E-state index in [-0.39, 0.29) is 6.54 Å². The highest BCUT2D eigenvalue weighted by molar-refractivity contribution is 5.93. The SMILES string of the molecule is CN1CCN(c2ccc(NCC(=O)Nc3ccc(F)c(F)c3F)cc2)CC1. The standard InChI is InChI=1S/C19H21F3N4O/c1-25-8-10-26(11-9-25)14-4-2-13(3-5-14)23-12-17(27)24-16-7-6-15(20)18(21)19(16)22/h2-7,23H,8-12H2,1H3,(H,24,27). The molecule has 1 saturated heterocycles. The lowest BCUT2D eigenvalue weighted by atomic mass is 10.2. The van der Waals surface area contributed by atoms with E-state index in [1.807, 2.05) is 24.3 Å². The molecule has 27 heavy (non-hydrogen) atoms. The number of likely N-dealkylation sites (N-methyl/N-ethyl adjacent to an activating group) is 1. The summed E-state index contributed by atoms with van der Waals surface area (Å²) in [5, 5.41) is 5.14. The summed E-state index contributed by atoms with van der Waals surface area (Å²) in [5.41, 5.74) is 1.45. The smallest absolute Gasteiger partial charge is 0.243 e. The number of piperazine rings is 1. The third-order valence-electron chi connectivity index (χ3n) is 4.50. The van der Waals surface area contributed by atoms with Gasteiger partial charge in [0.25, 0.3) is 0 Å². The number of rotatable bonds is 5. The van der Waals surface area contributed by atoms with Gasteiger partial charge in [0.15, 0.2) is 17.5 Å². The molecule has 1 heterocycles. The van der Waals surface area contributed by atoms with E-state index >= 15 is 0 Å². The van der Waals surface area contributed by atoms with Crippen LogP contribution in [0.15, 0.2) is 36.4 Å². The molecule has 5 nitrogen and oxygen atoms in total. The van der Waals surface area contributed by atoms with Crippen LogP contribution in [0.25, 0.3) is 0 Å². The number of nitrogens with one attached hydrogen (secondary N) is 2. The number of amides is 1. The minimum absolute atomic E-state index is 0.133. The maximum Gasteiger partial charge on any atom is 0.243 e. The summed E-state index contributed by atoms with van der Waals surface area (Å²) in [6.07, 6.45) is 0. The van der Waals surface area contributed by atoms with Gasteiger partial charge in [0.05, 0.1) is 12.2 Å². The van der Waals surface area contributed by atoms with Crippen molar-refractivity contribution < 1.29 is 18.0 Å². The molecule has 0 spiro atoms. The Morgan fingerprint density at radius 2 is 1.63 bits per heavy atom. The molecule has 2 aromatic rings. The molecule has 144 valence electrons. The number of anilines is 3. The van der Waals surface area contributed by atoms with E-state index in [1.165, 1.54) is 0 Å². The van der Waals surface area contributed by atoms with Crippen molar-refractivity contribution in [3.63, 3.8) is 0 Å². The van der Waals surface area contributed by atoms with E-state index in [2.05, 4.69) is 27.5 Å². The van der Waals surface area contributed by atoms with E-state index in [4.69, 9.17) is 0 Å². The van der Waals surface area contributed by atoms with E-state index in [0.29, 0.717) is 0 Å². The summed E-state index contributed by atoms with van der Waals surface area (Å²) < 4.78 is 39.7. The molecule has 8 heteroatoms. The van der Waals surface area contributed by atoms with Gasteiger partial charge >= 0.3 is 0 Å². The van der Waals surface area contributed by atoms with Crippen LogP contribution in [0.3, 0.4) is 0 Å². The molecular weight excluding hydrogens is 357 g/mol. The maximum absolute atomic E-state index is 13.6. The first-order valence-electron chi connectivity index (χ1n) is 8.65. The summed E-state index contributed by atoms with van der Waals surface area (Å²) in [6.45, 7) is 3.82. The number of nitrogens with zero attached hydrogens (tertiary/aromatic N) is 2. The van der Waals surface area contributed by atoms with Crippen LogP contribution < -0.4 is 15.5 Å². The van der Waals surface area contributed by atoms with Crippen LogP contribution in [0.1, 0.15) is 0 Å². The van der Waals surface area contributed by atoms with Crippen LogP contribution in [0.4, 0.5) is 30.2 Å². The number of benzene rings is 2. The molecule has 1 aliphatic heterocycles. The van der Waals surface area contributed by atoms with Gasteiger partial charge in [0, 0.05) is 37.6 Å². The first-order valence-corrected chi connectivity index (χ1v) is 8.65. The van der Waals surface area contributed by atoms with E-state index in [0.717, 1.165) is 49.7 Å². The number of carbonyl (C=O) groups is 1. The Kier molecular flexibility index (Phi) is 5.85. The minimum atomic E-state index is -1.61. The molecule has 0 bridgehead atoms. The lowest BCUT2D eigenvalue weighted by Crippen LogP contribution is -2.44. The largest absolute Gasteiger partial charge is 0.376 e. The molecule has 3 rings (SSSR count). The van der Waals surface area contributed by atoms with Gasteiger partial charge in [0.1, 0.15) is 0 Å². The number of halogens is 3. The van der Waals surface area contributed by atoms with Crippen LogP contribution >= 0.6 is 0 Å². The monoisotopic (exact) mass is 378 g/mol. The third kappa shape index (κ3) is 4.71. The zero-order valence-electron chi connectivity index (χ0n) is 14.9. The molecule has 0 saturated carbocycles. The predicted molar refractivity (Wildman–Crippen MR) is 99.6 cm³/mol. The van der Waals surface area contributed by atoms with Gasteiger partial charge in [-0.2, -0.15) is 0 Å².